The van der Waals surface area contributed by atoms with Gasteiger partial charge in [0.05, 0.1) is 150 Å². The highest BCUT2D eigenvalue weighted by Gasteiger charge is 2.34. The minimum atomic E-state index is -4.35. The number of carboxylic acid groups (broad SMARTS) is 1. The van der Waals surface area contributed by atoms with E-state index in [9.17, 15) is 60.2 Å². The van der Waals surface area contributed by atoms with Crippen LogP contribution >= 0.6 is 0 Å². The van der Waals surface area contributed by atoms with Crippen LogP contribution in [0.3, 0.4) is 0 Å². The van der Waals surface area contributed by atoms with Crippen molar-refractivity contribution in [1.82, 2.24) is 41.8 Å². The van der Waals surface area contributed by atoms with Crippen molar-refractivity contribution in [2.45, 2.75) is 109 Å². The van der Waals surface area contributed by atoms with Crippen molar-refractivity contribution in [3.05, 3.63) is 204 Å². The molecule has 0 saturated heterocycles. The summed E-state index contributed by atoms with van der Waals surface area (Å²) < 4.78 is 220. The first-order chi connectivity index (χ1) is 54.1. The Bertz CT molecular complexity index is 6000. The Morgan fingerprint density at radius 3 is 1.48 bits per heavy atom. The number of fused-ring (bicyclic) bond motifs is 3. The van der Waals surface area contributed by atoms with Crippen LogP contribution < -0.4 is 37.9 Å². The number of carbonyl (C=O) groups is 1. The summed E-state index contributed by atoms with van der Waals surface area (Å²) in [5.41, 5.74) is 4.73. The molecule has 0 aliphatic carbocycles. The zero-order valence-corrected chi connectivity index (χ0v) is 66.9. The molecule has 0 saturated carbocycles. The van der Waals surface area contributed by atoms with Gasteiger partial charge in [-0.15, -0.1) is 0 Å². The number of halogens is 4. The van der Waals surface area contributed by atoms with E-state index in [4.69, 9.17) is 47.9 Å². The Labute approximate surface area is 664 Å². The van der Waals surface area contributed by atoms with Crippen LogP contribution in [-0.2, 0) is 94.1 Å². The zero-order valence-electron chi connectivity index (χ0n) is 62.0. The third kappa shape index (κ3) is 20.7. The summed E-state index contributed by atoms with van der Waals surface area (Å²) in [6.45, 7) is 5.40. The van der Waals surface area contributed by atoms with Gasteiger partial charge in [0.2, 0.25) is 15.5 Å². The quantitative estimate of drug-likeness (QED) is 0.0425. The van der Waals surface area contributed by atoms with E-state index in [0.29, 0.717) is 68.7 Å². The SMILES string of the molecule is C.CCOc1ccc(S(=O)(=O)n2c(S(=O)Cc3nccc(OC)c3OC)nc3cc(OC(F)F)ccc32)cc1.COc1ccc2c(c1)nc(S(=O)Cc1ncc(C)c(OC)c1C)n2S(=O)(=O)c1ccc(OCC(=O)O)cc1.Cc1ccccc1S(=O)(=O)n1c(S(=O)Cc2nccc(OCC(C)(F)F)c2C)nc2ccccc21.O=C=O. The highest BCUT2D eigenvalue weighted by Crippen LogP contribution is 2.37. The van der Waals surface area contributed by atoms with E-state index in [1.807, 2.05) is 6.92 Å². The predicted octanol–water partition coefficient (Wildman–Crippen LogP) is 11.7. The Hall–Kier alpha value is -11.6. The fourth-order valence-electron chi connectivity index (χ4n) is 11.1. The number of rotatable bonds is 29. The summed E-state index contributed by atoms with van der Waals surface area (Å²) in [4.78, 5) is 52.7. The van der Waals surface area contributed by atoms with Crippen LogP contribution in [0.15, 0.2) is 194 Å². The maximum Gasteiger partial charge on any atom is 0.387 e. The second-order valence-electron chi connectivity index (χ2n) is 24.0. The van der Waals surface area contributed by atoms with Gasteiger partial charge in [-0.2, -0.15) is 18.4 Å². The Morgan fingerprint density at radius 2 is 0.974 bits per heavy atom. The fraction of sp³-hybridized carbons (Fsp3) is 0.253. The largest absolute Gasteiger partial charge is 0.497 e. The Kier molecular flexibility index (Phi) is 29.8. The molecule has 12 aromatic rings. The second kappa shape index (κ2) is 38.5. The lowest BCUT2D eigenvalue weighted by molar-refractivity contribution is -0.191. The van der Waals surface area contributed by atoms with Gasteiger partial charge in [0.15, 0.2) is 24.7 Å². The van der Waals surface area contributed by atoms with E-state index in [0.717, 1.165) is 30.5 Å². The molecule has 6 aromatic heterocycles. The van der Waals surface area contributed by atoms with Gasteiger partial charge in [-0.05, 0) is 137 Å². The van der Waals surface area contributed by atoms with Gasteiger partial charge in [0.25, 0.3) is 36.0 Å². The van der Waals surface area contributed by atoms with Crippen LogP contribution in [0, 0.1) is 27.7 Å². The van der Waals surface area contributed by atoms with Crippen LogP contribution in [0.25, 0.3) is 33.1 Å². The number of carbonyl (C=O) groups excluding carboxylic acids is 2. The highest BCUT2D eigenvalue weighted by atomic mass is 32.2. The molecular weight excluding hydrogens is 1630 g/mol. The first-order valence-corrected chi connectivity index (χ1v) is 41.6. The van der Waals surface area contributed by atoms with E-state index >= 15 is 0 Å². The summed E-state index contributed by atoms with van der Waals surface area (Å²) in [5.74, 6) is -2.48. The monoisotopic (exact) mass is 1710 g/mol. The molecule has 610 valence electrons. The summed E-state index contributed by atoms with van der Waals surface area (Å²) in [6.07, 6.45) is 4.66. The molecule has 0 amide bonds. The molecule has 0 spiro atoms. The number of hydrogen-bond acceptors (Lipinski definition) is 26. The molecule has 12 rings (SSSR count). The van der Waals surface area contributed by atoms with Gasteiger partial charge >= 0.3 is 18.7 Å². The van der Waals surface area contributed by atoms with Crippen molar-refractivity contribution in [3.8, 4) is 46.0 Å². The number of hydrogen-bond donors (Lipinski definition) is 1. The molecule has 6 heterocycles. The molecule has 40 heteroatoms. The van der Waals surface area contributed by atoms with Gasteiger partial charge in [-0.25, -0.2) is 65.7 Å². The lowest BCUT2D eigenvalue weighted by atomic mass is 10.1. The van der Waals surface area contributed by atoms with Crippen LogP contribution in [0.5, 0.6) is 46.0 Å². The molecule has 115 heavy (non-hydrogen) atoms. The lowest BCUT2D eigenvalue weighted by Crippen LogP contribution is -2.21. The molecule has 3 atom stereocenters. The number of imidazole rings is 3. The smallest absolute Gasteiger partial charge is 0.387 e. The number of alkyl halides is 4. The maximum atomic E-state index is 13.8. The van der Waals surface area contributed by atoms with Gasteiger partial charge in [-0.1, -0.05) is 37.8 Å². The maximum absolute atomic E-state index is 13.8. The molecule has 6 aromatic carbocycles. The normalized spacial score (nSPS) is 12.3. The molecule has 30 nitrogen and oxygen atoms in total. The van der Waals surface area contributed by atoms with Crippen molar-refractivity contribution < 1.29 is 113 Å². The van der Waals surface area contributed by atoms with E-state index < -0.39 is 94.2 Å². The number of aliphatic carboxylic acids is 1. The minimum Gasteiger partial charge on any atom is -0.497 e. The average molecular weight is 1710 g/mol. The number of ether oxygens (including phenoxy) is 8. The van der Waals surface area contributed by atoms with Gasteiger partial charge in [-0.3, -0.25) is 27.6 Å². The number of carboxylic acids is 1. The summed E-state index contributed by atoms with van der Waals surface area (Å²) >= 11 is 0. The topological polar surface area (TPSA) is 391 Å². The zero-order chi connectivity index (χ0) is 83.1. The summed E-state index contributed by atoms with van der Waals surface area (Å²) in [5, 5.41) is 8.12. The van der Waals surface area contributed by atoms with E-state index in [2.05, 4.69) is 34.6 Å². The summed E-state index contributed by atoms with van der Waals surface area (Å²) in [6, 6.07) is 35.4. The first-order valence-electron chi connectivity index (χ1n) is 33.3. The van der Waals surface area contributed by atoms with Crippen LogP contribution in [0.2, 0.25) is 0 Å². The number of para-hydroxylation sites is 2. The number of methoxy groups -OCH3 is 4. The van der Waals surface area contributed by atoms with E-state index in [1.54, 1.807) is 94.6 Å². The molecule has 0 fully saturated rings. The number of aryl methyl sites for hydroxylation is 2. The van der Waals surface area contributed by atoms with Gasteiger partial charge < -0.3 is 43.0 Å². The first kappa shape index (κ1) is 89.0. The van der Waals surface area contributed by atoms with E-state index in [-0.39, 0.29) is 112 Å². The van der Waals surface area contributed by atoms with Crippen molar-refractivity contribution in [1.29, 1.82) is 0 Å². The molecular formula is C75H75F4N9O21S6. The van der Waals surface area contributed by atoms with Crippen LogP contribution in [0.1, 0.15) is 60.6 Å². The third-order valence-corrected chi connectivity index (χ3v) is 25.6. The molecule has 0 radical (unpaired) electrons. The Morgan fingerprint density at radius 1 is 0.522 bits per heavy atom. The molecule has 0 aliphatic heterocycles. The van der Waals surface area contributed by atoms with Crippen molar-refractivity contribution in [2.24, 2.45) is 0 Å². The number of pyridine rings is 3. The number of benzene rings is 6. The van der Waals surface area contributed by atoms with Gasteiger partial charge in [0.1, 0.15) is 34.5 Å². The van der Waals surface area contributed by atoms with Crippen molar-refractivity contribution in [2.75, 3.05) is 48.3 Å². The molecule has 0 bridgehead atoms. The molecule has 3 unspecified atom stereocenters. The average Bonchev–Trinajstić information content (AvgIpc) is 1.60. The second-order valence-corrected chi connectivity index (χ2v) is 33.4. The Balaban J connectivity index is 0.000000211. The summed E-state index contributed by atoms with van der Waals surface area (Å²) in [7, 11) is -12.9. The number of nitrogens with zero attached hydrogens (tertiary/aromatic N) is 9. The van der Waals surface area contributed by atoms with Crippen molar-refractivity contribution >= 4 is 108 Å². The minimum absolute atomic E-state index is 0. The van der Waals surface area contributed by atoms with Crippen LogP contribution in [0.4, 0.5) is 17.6 Å². The highest BCUT2D eigenvalue weighted by molar-refractivity contribution is 7.92. The number of aromatic nitrogens is 9. The van der Waals surface area contributed by atoms with Crippen molar-refractivity contribution in [3.63, 3.8) is 0 Å². The molecule has 1 N–H and O–H groups in total. The fourth-order valence-corrected chi connectivity index (χ4v) is 20.4. The van der Waals surface area contributed by atoms with Crippen LogP contribution in [-0.4, -0.2) is 158 Å². The van der Waals surface area contributed by atoms with Gasteiger partial charge in [0, 0.05) is 60.4 Å². The lowest BCUT2D eigenvalue weighted by Gasteiger charge is -2.15. The predicted molar refractivity (Wildman–Crippen MR) is 413 cm³/mol. The molecule has 0 aliphatic rings. The van der Waals surface area contributed by atoms with E-state index in [1.165, 1.54) is 120 Å². The standard InChI is InChI=1S/C25H25N3O8S2.C24H23F2N3O7S2.C24H23F2N3O4S2.CO2.CH4/c1-15-12-26-21(16(2)24(15)35-4)14-37(31)25-27-20-11-18(34-3)7-10-22(20)28(25)38(32,33)19-8-5-17(6-9-19)36-13-23(29)30;1-4-35-15-5-8-17(9-6-15)38(31,32)29-20-10-7-16(36-23(25)26)13-18(20)28-24(29)37(30)14-19-22(34-3)21(33-2)11-12-27-19;1-16-8-4-7-11-22(16)35(31,32)29-20-10-6-5-9-18(20)28-23(29)34(30)14-19-17(2)21(12-13-27-19)33-15-24(3,25)26;2-1-3;/h5-12H,13-14H2,1-4H3,(H,29,30);5-13,23H,4,14H2,1-3H3;4-13H,14-15H2,1-3H3;;1H4. The third-order valence-electron chi connectivity index (χ3n) is 16.3.